The molecule has 0 saturated carbocycles. The van der Waals surface area contributed by atoms with Gasteiger partial charge in [0.1, 0.15) is 47.4 Å². The second kappa shape index (κ2) is 24.7. The van der Waals surface area contributed by atoms with Crippen LogP contribution < -0.4 is 21.3 Å². The fourth-order valence-corrected chi connectivity index (χ4v) is 5.34. The summed E-state index contributed by atoms with van der Waals surface area (Å²) in [6.07, 6.45) is 3.07. The zero-order valence-corrected chi connectivity index (χ0v) is 33.2. The minimum Gasteiger partial charge on any atom is -0.467 e. The highest BCUT2D eigenvalue weighted by Gasteiger charge is 2.27. The Hall–Kier alpha value is -5.91. The van der Waals surface area contributed by atoms with Gasteiger partial charge in [0.25, 0.3) is 0 Å². The molecule has 0 saturated heterocycles. The molecule has 4 N–H and O–H groups in total. The molecule has 1 aromatic heterocycles. The second-order valence-corrected chi connectivity index (χ2v) is 13.5. The number of pyridine rings is 1. The molecule has 316 valence electrons. The van der Waals surface area contributed by atoms with E-state index in [1.807, 2.05) is 19.0 Å². The lowest BCUT2D eigenvalue weighted by Gasteiger charge is -2.20. The van der Waals surface area contributed by atoms with Crippen molar-refractivity contribution in [3.63, 3.8) is 0 Å². The molecule has 0 bridgehead atoms. The van der Waals surface area contributed by atoms with Crippen LogP contribution >= 0.6 is 0 Å². The van der Waals surface area contributed by atoms with Gasteiger partial charge in [-0.3, -0.25) is 24.2 Å². The van der Waals surface area contributed by atoms with Gasteiger partial charge in [-0.2, -0.15) is 0 Å². The Bertz CT molecular complexity index is 1810. The minimum atomic E-state index is -0.989. The summed E-state index contributed by atoms with van der Waals surface area (Å²) in [6.45, 7) is 3.74. The van der Waals surface area contributed by atoms with Gasteiger partial charge in [0.15, 0.2) is 0 Å². The molecule has 18 heteroatoms. The third kappa shape index (κ3) is 18.4. The molecule has 3 rings (SSSR count). The van der Waals surface area contributed by atoms with Gasteiger partial charge < -0.3 is 35.6 Å². The van der Waals surface area contributed by atoms with E-state index in [4.69, 9.17) is 9.47 Å². The predicted octanol–water partition coefficient (Wildman–Crippen LogP) is 2.71. The van der Waals surface area contributed by atoms with Crippen molar-refractivity contribution in [2.24, 2.45) is 0 Å². The number of amides is 4. The number of methoxy groups -OCH3 is 2. The normalized spacial score (nSPS) is 12.7. The molecule has 4 amide bonds. The van der Waals surface area contributed by atoms with E-state index >= 15 is 0 Å². The number of nitrogens with zero attached hydrogens (tertiary/aromatic N) is 2. The number of nitrogens with one attached hydrogen (secondary N) is 4. The molecule has 1 heterocycles. The lowest BCUT2D eigenvalue weighted by atomic mass is 10.1. The minimum absolute atomic E-state index is 0.114. The van der Waals surface area contributed by atoms with Crippen LogP contribution in [-0.2, 0) is 57.5 Å². The monoisotopic (exact) mass is 818 g/mol. The van der Waals surface area contributed by atoms with Crippen LogP contribution in [0.3, 0.4) is 0 Å². The Morgan fingerprint density at radius 3 is 1.52 bits per heavy atom. The van der Waals surface area contributed by atoms with Gasteiger partial charge in [-0.15, -0.1) is 0 Å². The molecular formula is C40H50F4N6O8. The Morgan fingerprint density at radius 2 is 1.10 bits per heavy atom. The summed E-state index contributed by atoms with van der Waals surface area (Å²) >= 11 is 0. The van der Waals surface area contributed by atoms with Crippen molar-refractivity contribution in [1.82, 2.24) is 31.2 Å². The third-order valence-corrected chi connectivity index (χ3v) is 8.21. The highest BCUT2D eigenvalue weighted by atomic mass is 19.1. The van der Waals surface area contributed by atoms with E-state index < -0.39 is 83.0 Å². The van der Waals surface area contributed by atoms with Crippen LogP contribution in [0.2, 0.25) is 0 Å². The number of hydrogen-bond donors (Lipinski definition) is 4. The molecule has 3 aromatic rings. The van der Waals surface area contributed by atoms with Crippen LogP contribution in [0, 0.1) is 23.3 Å². The quantitative estimate of drug-likeness (QED) is 0.0797. The fraction of sp³-hybridized carbons (Fsp3) is 0.425. The molecule has 2 aromatic carbocycles. The number of halogens is 4. The molecule has 0 spiro atoms. The van der Waals surface area contributed by atoms with Crippen LogP contribution in [0.15, 0.2) is 60.8 Å². The summed E-state index contributed by atoms with van der Waals surface area (Å²) in [4.78, 5) is 78.9. The molecule has 14 nitrogen and oxygen atoms in total. The van der Waals surface area contributed by atoms with Crippen molar-refractivity contribution in [3.05, 3.63) is 101 Å². The first-order valence-corrected chi connectivity index (χ1v) is 18.2. The van der Waals surface area contributed by atoms with E-state index in [1.165, 1.54) is 28.1 Å². The topological polar surface area (TPSA) is 185 Å². The van der Waals surface area contributed by atoms with Crippen LogP contribution in [-0.4, -0.2) is 104 Å². The molecule has 58 heavy (non-hydrogen) atoms. The molecule has 0 radical (unpaired) electrons. The van der Waals surface area contributed by atoms with Gasteiger partial charge >= 0.3 is 11.9 Å². The number of hydrogen-bond acceptors (Lipinski definition) is 10. The number of rotatable bonds is 19. The Kier molecular flexibility index (Phi) is 20.5. The molecule has 0 aliphatic carbocycles. The van der Waals surface area contributed by atoms with Crippen LogP contribution in [0.4, 0.5) is 17.6 Å². The molecule has 0 unspecified atom stereocenters. The number of aromatic nitrogens is 1. The van der Waals surface area contributed by atoms with Gasteiger partial charge in [0.05, 0.1) is 27.1 Å². The van der Waals surface area contributed by atoms with E-state index in [0.29, 0.717) is 30.7 Å². The first-order chi connectivity index (χ1) is 27.4. The molecule has 0 fully saturated rings. The number of esters is 2. The summed E-state index contributed by atoms with van der Waals surface area (Å²) in [5.41, 5.74) is 0.865. The van der Waals surface area contributed by atoms with Crippen molar-refractivity contribution >= 4 is 35.6 Å². The zero-order valence-electron chi connectivity index (χ0n) is 33.2. The average molecular weight is 819 g/mol. The fourth-order valence-electron chi connectivity index (χ4n) is 5.34. The maximum Gasteiger partial charge on any atom is 0.328 e. The van der Waals surface area contributed by atoms with Crippen LogP contribution in [0.1, 0.15) is 49.9 Å². The summed E-state index contributed by atoms with van der Waals surface area (Å²) in [5, 5.41) is 9.98. The molecular weight excluding hydrogens is 768 g/mol. The van der Waals surface area contributed by atoms with Gasteiger partial charge in [0, 0.05) is 30.4 Å². The highest BCUT2D eigenvalue weighted by molar-refractivity contribution is 5.92. The number of carbonyl (C=O) groups excluding carboxylic acids is 6. The van der Waals surface area contributed by atoms with Crippen molar-refractivity contribution < 1.29 is 55.8 Å². The predicted molar refractivity (Wildman–Crippen MR) is 204 cm³/mol. The second-order valence-electron chi connectivity index (χ2n) is 13.5. The number of ether oxygens (including phenoxy) is 2. The smallest absolute Gasteiger partial charge is 0.328 e. The summed E-state index contributed by atoms with van der Waals surface area (Å²) in [5.74, 6) is -6.71. The maximum absolute atomic E-state index is 13.2. The largest absolute Gasteiger partial charge is 0.467 e. The third-order valence-electron chi connectivity index (χ3n) is 8.21. The molecule has 4 atom stereocenters. The Balaban J connectivity index is 0.000000400. The van der Waals surface area contributed by atoms with Crippen molar-refractivity contribution in [2.45, 2.75) is 76.5 Å². The van der Waals surface area contributed by atoms with E-state index in [9.17, 15) is 46.3 Å². The SMILES string of the molecule is COC(=O)[C@H](CCCCN(C)C)NC(=O)[C@H](C)NC(=O)Cc1cc(F)cc(F)c1.COC(=O)[C@H](Cc1ccccn1)NC(=O)[C@H](C)NC(=O)Cc1cc(F)cc(F)c1. The summed E-state index contributed by atoms with van der Waals surface area (Å²) in [7, 11) is 6.33. The van der Waals surface area contributed by atoms with E-state index in [0.717, 1.165) is 37.2 Å². The molecule has 0 aliphatic heterocycles. The van der Waals surface area contributed by atoms with Gasteiger partial charge in [0.2, 0.25) is 23.6 Å². The maximum atomic E-state index is 13.2. The number of benzene rings is 2. The van der Waals surface area contributed by atoms with Crippen molar-refractivity contribution in [3.8, 4) is 0 Å². The van der Waals surface area contributed by atoms with Crippen molar-refractivity contribution in [2.75, 3.05) is 34.9 Å². The Labute approximate surface area is 334 Å². The zero-order chi connectivity index (χ0) is 43.4. The number of unbranched alkanes of at least 4 members (excludes halogenated alkanes) is 1. The van der Waals surface area contributed by atoms with E-state index in [2.05, 4.69) is 26.3 Å². The first-order valence-electron chi connectivity index (χ1n) is 18.2. The summed E-state index contributed by atoms with van der Waals surface area (Å²) in [6, 6.07) is 7.02. The average Bonchev–Trinajstić information content (AvgIpc) is 3.14. The highest BCUT2D eigenvalue weighted by Crippen LogP contribution is 2.11. The lowest BCUT2D eigenvalue weighted by molar-refractivity contribution is -0.145. The summed E-state index contributed by atoms with van der Waals surface area (Å²) < 4.78 is 62.3. The van der Waals surface area contributed by atoms with Gasteiger partial charge in [-0.1, -0.05) is 6.07 Å². The Morgan fingerprint density at radius 1 is 0.655 bits per heavy atom. The van der Waals surface area contributed by atoms with E-state index in [-0.39, 0.29) is 30.4 Å². The lowest BCUT2D eigenvalue weighted by Crippen LogP contribution is -2.51. The van der Waals surface area contributed by atoms with E-state index in [1.54, 1.807) is 24.4 Å². The van der Waals surface area contributed by atoms with Crippen LogP contribution in [0.25, 0.3) is 0 Å². The number of carbonyl (C=O) groups is 6. The standard InChI is InChI=1S/C20H21F2N3O4.C20H29F2N3O4/c1-12(24-18(26)9-13-7-14(21)10-15(22)8-13)19(27)25-17(20(28)29-2)11-16-5-3-4-6-23-16;1-13(23-18(26)11-14-9-15(21)12-16(22)10-14)19(27)24-17(20(28)29-4)7-5-6-8-25(2)3/h3-8,10,12,17H,9,11H2,1-2H3,(H,24,26)(H,25,27);9-10,12-13,17H,5-8,11H2,1-4H3,(H,23,26)(H,24,27)/t12-,17-;13-,17-/m00/s1. The van der Waals surface area contributed by atoms with Crippen molar-refractivity contribution in [1.29, 1.82) is 0 Å². The first kappa shape index (κ1) is 48.2. The molecule has 0 aliphatic rings. The van der Waals surface area contributed by atoms with Gasteiger partial charge in [-0.05, 0) is 101 Å². The van der Waals surface area contributed by atoms with Crippen LogP contribution in [0.5, 0.6) is 0 Å². The van der Waals surface area contributed by atoms with Gasteiger partial charge in [-0.25, -0.2) is 27.2 Å².